The fourth-order valence-corrected chi connectivity index (χ4v) is 3.06. The maximum absolute atomic E-state index is 12.1. The van der Waals surface area contributed by atoms with E-state index in [4.69, 9.17) is 10.5 Å². The molecular weight excluding hydrogens is 479 g/mol. The molecule has 3 rings (SSSR count). The number of hydrogen-bond donors (Lipinski definition) is 3. The lowest BCUT2D eigenvalue weighted by atomic mass is 10.0. The molecule has 4 N–H and O–H groups in total. The van der Waals surface area contributed by atoms with Gasteiger partial charge in [0.2, 0.25) is 0 Å². The van der Waals surface area contributed by atoms with Gasteiger partial charge in [-0.15, -0.1) is 24.0 Å². The van der Waals surface area contributed by atoms with Crippen LogP contribution in [0, 0.1) is 0 Å². The summed E-state index contributed by atoms with van der Waals surface area (Å²) in [7, 11) is 0. The molecule has 0 aliphatic carbocycles. The van der Waals surface area contributed by atoms with Crippen molar-refractivity contribution >= 4 is 35.8 Å². The highest BCUT2D eigenvalue weighted by molar-refractivity contribution is 14.0. The predicted octanol–water partition coefficient (Wildman–Crippen LogP) is 3.76. The van der Waals surface area contributed by atoms with Crippen molar-refractivity contribution < 1.29 is 9.53 Å². The van der Waals surface area contributed by atoms with Crippen molar-refractivity contribution in [3.63, 3.8) is 0 Å². The van der Waals surface area contributed by atoms with E-state index in [1.807, 2.05) is 62.4 Å². The molecule has 0 radical (unpaired) electrons. The van der Waals surface area contributed by atoms with Gasteiger partial charge in [-0.1, -0.05) is 37.3 Å². The van der Waals surface area contributed by atoms with E-state index < -0.39 is 0 Å². The van der Waals surface area contributed by atoms with Crippen LogP contribution in [-0.4, -0.2) is 24.5 Å². The Labute approximate surface area is 189 Å². The number of halogens is 1. The van der Waals surface area contributed by atoms with Crippen LogP contribution in [0.25, 0.3) is 0 Å². The highest BCUT2D eigenvalue weighted by Crippen LogP contribution is 2.31. The molecule has 2 aromatic carbocycles. The van der Waals surface area contributed by atoms with Crippen molar-refractivity contribution in [2.45, 2.75) is 45.3 Å². The molecule has 0 saturated heterocycles. The highest BCUT2D eigenvalue weighted by atomic mass is 127. The Morgan fingerprint density at radius 3 is 2.69 bits per heavy atom. The monoisotopic (exact) mass is 508 g/mol. The average Bonchev–Trinajstić information content (AvgIpc) is 2.72. The maximum atomic E-state index is 12.1. The minimum Gasteiger partial charge on any atom is -0.493 e. The summed E-state index contributed by atoms with van der Waals surface area (Å²) in [6, 6.07) is 15.7. The van der Waals surface area contributed by atoms with Crippen LogP contribution in [0.5, 0.6) is 5.75 Å². The zero-order valence-electron chi connectivity index (χ0n) is 16.9. The van der Waals surface area contributed by atoms with Gasteiger partial charge in [0.25, 0.3) is 5.91 Å². The fraction of sp³-hybridized carbons (Fsp3) is 0.364. The van der Waals surface area contributed by atoms with E-state index in [1.165, 1.54) is 0 Å². The molecule has 29 heavy (non-hydrogen) atoms. The smallest absolute Gasteiger partial charge is 0.251 e. The lowest BCUT2D eigenvalue weighted by molar-refractivity contribution is 0.0939. The first-order chi connectivity index (χ1) is 13.6. The average molecular weight is 508 g/mol. The molecule has 1 aliphatic rings. The molecule has 0 saturated carbocycles. The zero-order valence-corrected chi connectivity index (χ0v) is 19.2. The Morgan fingerprint density at radius 1 is 1.24 bits per heavy atom. The Hall–Kier alpha value is -2.29. The number of nitrogens with two attached hydrogens (primary N) is 1. The van der Waals surface area contributed by atoms with Crippen LogP contribution >= 0.6 is 24.0 Å². The largest absolute Gasteiger partial charge is 0.493 e. The Kier molecular flexibility index (Phi) is 8.75. The molecule has 156 valence electrons. The second-order valence-electron chi connectivity index (χ2n) is 7.05. The van der Waals surface area contributed by atoms with Gasteiger partial charge in [-0.3, -0.25) is 4.79 Å². The van der Waals surface area contributed by atoms with Gasteiger partial charge < -0.3 is 21.1 Å². The minimum atomic E-state index is -0.0521. The first-order valence-electron chi connectivity index (χ1n) is 9.74. The molecule has 6 nitrogen and oxygen atoms in total. The van der Waals surface area contributed by atoms with Crippen LogP contribution in [0.2, 0.25) is 0 Å². The summed E-state index contributed by atoms with van der Waals surface area (Å²) in [5, 5.41) is 6.25. The topological polar surface area (TPSA) is 88.7 Å². The number of amides is 1. The number of aliphatic imine (C=N–C) groups is 1. The number of fused-ring (bicyclic) bond motifs is 1. The van der Waals surface area contributed by atoms with E-state index in [9.17, 15) is 4.79 Å². The Bertz CT molecular complexity index is 839. The van der Waals surface area contributed by atoms with E-state index in [2.05, 4.69) is 15.6 Å². The lowest BCUT2D eigenvalue weighted by Gasteiger charge is -2.26. The van der Waals surface area contributed by atoms with Gasteiger partial charge in [-0.05, 0) is 37.1 Å². The number of nitrogens with zero attached hydrogens (tertiary/aromatic N) is 1. The Morgan fingerprint density at radius 2 is 1.97 bits per heavy atom. The summed E-state index contributed by atoms with van der Waals surface area (Å²) < 4.78 is 5.67. The first-order valence-corrected chi connectivity index (χ1v) is 9.74. The number of nitrogens with one attached hydrogen (secondary N) is 2. The van der Waals surface area contributed by atoms with Crippen LogP contribution in [0.3, 0.4) is 0 Å². The van der Waals surface area contributed by atoms with E-state index in [1.54, 1.807) is 0 Å². The molecule has 7 heteroatoms. The van der Waals surface area contributed by atoms with Crippen molar-refractivity contribution in [2.75, 3.05) is 6.61 Å². The van der Waals surface area contributed by atoms with Crippen LogP contribution in [0.4, 0.5) is 0 Å². The number of carbonyl (C=O) groups is 1. The normalized spacial score (nSPS) is 16.6. The van der Waals surface area contributed by atoms with Gasteiger partial charge in [0, 0.05) is 23.6 Å². The molecular formula is C22H29IN4O2. The van der Waals surface area contributed by atoms with Crippen LogP contribution in [0.1, 0.15) is 54.2 Å². The van der Waals surface area contributed by atoms with E-state index >= 15 is 0 Å². The summed E-state index contributed by atoms with van der Waals surface area (Å²) in [5.41, 5.74) is 8.84. The third kappa shape index (κ3) is 6.35. The van der Waals surface area contributed by atoms with Gasteiger partial charge >= 0.3 is 0 Å². The highest BCUT2D eigenvalue weighted by Gasteiger charge is 2.21. The lowest BCUT2D eigenvalue weighted by Crippen LogP contribution is -2.37. The Balaban J connectivity index is 0.00000300. The summed E-state index contributed by atoms with van der Waals surface area (Å²) in [6.45, 7) is 5.15. The van der Waals surface area contributed by atoms with Crippen LogP contribution in [0.15, 0.2) is 53.5 Å². The van der Waals surface area contributed by atoms with E-state index in [0.29, 0.717) is 24.7 Å². The summed E-state index contributed by atoms with van der Waals surface area (Å²) >= 11 is 0. The number of carbonyl (C=O) groups excluding carboxylic acids is 1. The van der Waals surface area contributed by atoms with E-state index in [0.717, 1.165) is 29.7 Å². The molecule has 2 unspecified atom stereocenters. The number of para-hydroxylation sites is 1. The standard InChI is InChI=1S/C22H28N4O2.HI/c1-3-15(2)25-21(27)17-10-8-16(9-11-17)14-24-22(23)26-19-12-13-28-20-7-5-4-6-18(19)20;/h4-11,15,19H,3,12-14H2,1-2H3,(H,25,27)(H3,23,24,26);1H. The number of benzene rings is 2. The number of guanidine groups is 1. The molecule has 2 atom stereocenters. The summed E-state index contributed by atoms with van der Waals surface area (Å²) in [6.07, 6.45) is 1.75. The fourth-order valence-electron chi connectivity index (χ4n) is 3.06. The van der Waals surface area contributed by atoms with Crippen molar-refractivity contribution in [1.29, 1.82) is 0 Å². The molecule has 0 aromatic heterocycles. The quantitative estimate of drug-likeness (QED) is 0.315. The number of rotatable bonds is 6. The second-order valence-corrected chi connectivity index (χ2v) is 7.05. The van der Waals surface area contributed by atoms with Gasteiger partial charge in [0.1, 0.15) is 5.75 Å². The second kappa shape index (κ2) is 11.0. The van der Waals surface area contributed by atoms with Gasteiger partial charge in [-0.25, -0.2) is 4.99 Å². The van der Waals surface area contributed by atoms with Gasteiger partial charge in [0.15, 0.2) is 5.96 Å². The molecule has 0 spiro atoms. The van der Waals surface area contributed by atoms with Gasteiger partial charge in [0.05, 0.1) is 19.2 Å². The SMILES string of the molecule is CCC(C)NC(=O)c1ccc(CN=C(N)NC2CCOc3ccccc32)cc1.I. The molecule has 0 bridgehead atoms. The van der Waals surface area contributed by atoms with Crippen molar-refractivity contribution in [2.24, 2.45) is 10.7 Å². The zero-order chi connectivity index (χ0) is 19.9. The van der Waals surface area contributed by atoms with Crippen LogP contribution in [-0.2, 0) is 6.54 Å². The maximum Gasteiger partial charge on any atom is 0.251 e. The van der Waals surface area contributed by atoms with Crippen molar-refractivity contribution in [3.05, 3.63) is 65.2 Å². The van der Waals surface area contributed by atoms with Crippen LogP contribution < -0.4 is 21.1 Å². The third-order valence-corrected chi connectivity index (χ3v) is 4.92. The molecule has 0 fully saturated rings. The number of hydrogen-bond acceptors (Lipinski definition) is 3. The van der Waals surface area contributed by atoms with Crippen molar-refractivity contribution in [3.8, 4) is 5.75 Å². The van der Waals surface area contributed by atoms with E-state index in [-0.39, 0.29) is 42.0 Å². The molecule has 1 heterocycles. The van der Waals surface area contributed by atoms with Gasteiger partial charge in [-0.2, -0.15) is 0 Å². The summed E-state index contributed by atoms with van der Waals surface area (Å²) in [4.78, 5) is 16.6. The number of ether oxygens (including phenoxy) is 1. The molecule has 1 aliphatic heterocycles. The minimum absolute atomic E-state index is 0. The third-order valence-electron chi connectivity index (χ3n) is 4.92. The molecule has 1 amide bonds. The first kappa shape index (κ1) is 23.0. The van der Waals surface area contributed by atoms with Crippen molar-refractivity contribution in [1.82, 2.24) is 10.6 Å². The summed E-state index contributed by atoms with van der Waals surface area (Å²) in [5.74, 6) is 1.24. The predicted molar refractivity (Wildman–Crippen MR) is 127 cm³/mol. The molecule has 2 aromatic rings.